The van der Waals surface area contributed by atoms with E-state index in [1.54, 1.807) is 23.1 Å². The zero-order chi connectivity index (χ0) is 21.3. The van der Waals surface area contributed by atoms with Crippen molar-refractivity contribution in [3.8, 4) is 11.5 Å². The highest BCUT2D eigenvalue weighted by atomic mass is 16.7. The first-order chi connectivity index (χ1) is 14.4. The van der Waals surface area contributed by atoms with Gasteiger partial charge in [0.15, 0.2) is 11.5 Å². The molecule has 0 saturated carbocycles. The maximum absolute atomic E-state index is 13.2. The summed E-state index contributed by atoms with van der Waals surface area (Å²) < 4.78 is 10.7. The van der Waals surface area contributed by atoms with E-state index in [1.807, 2.05) is 6.92 Å². The van der Waals surface area contributed by atoms with Crippen LogP contribution in [0.3, 0.4) is 0 Å². The van der Waals surface area contributed by atoms with Gasteiger partial charge < -0.3 is 19.7 Å². The molecule has 1 fully saturated rings. The van der Waals surface area contributed by atoms with Crippen molar-refractivity contribution in [1.29, 1.82) is 0 Å². The van der Waals surface area contributed by atoms with Crippen LogP contribution in [0.2, 0.25) is 0 Å². The second kappa shape index (κ2) is 8.38. The van der Waals surface area contributed by atoms with Crippen LogP contribution >= 0.6 is 0 Å². The second-order valence-electron chi connectivity index (χ2n) is 8.54. The fraction of sp³-hybridized carbons (Fsp3) is 0.417. The molecule has 2 heterocycles. The molecule has 1 saturated heterocycles. The van der Waals surface area contributed by atoms with E-state index in [0.717, 1.165) is 5.56 Å². The molecule has 1 N–H and O–H groups in total. The number of hydrogen-bond donors (Lipinski definition) is 1. The topological polar surface area (TPSA) is 67.9 Å². The van der Waals surface area contributed by atoms with Crippen molar-refractivity contribution in [2.75, 3.05) is 26.4 Å². The molecular formula is C24H28N2O4. The summed E-state index contributed by atoms with van der Waals surface area (Å²) in [4.78, 5) is 28.0. The van der Waals surface area contributed by atoms with Crippen molar-refractivity contribution in [3.05, 3.63) is 59.2 Å². The highest BCUT2D eigenvalue weighted by molar-refractivity contribution is 5.96. The molecule has 2 atom stereocenters. The van der Waals surface area contributed by atoms with Gasteiger partial charge in [0, 0.05) is 31.1 Å². The number of amides is 2. The van der Waals surface area contributed by atoms with Gasteiger partial charge in [-0.1, -0.05) is 43.7 Å². The Morgan fingerprint density at radius 2 is 1.80 bits per heavy atom. The van der Waals surface area contributed by atoms with E-state index in [2.05, 4.69) is 43.4 Å². The maximum atomic E-state index is 13.2. The van der Waals surface area contributed by atoms with E-state index in [9.17, 15) is 9.59 Å². The molecule has 4 rings (SSSR count). The van der Waals surface area contributed by atoms with Gasteiger partial charge in [0.25, 0.3) is 5.91 Å². The Bertz CT molecular complexity index is 939. The number of hydrogen-bond acceptors (Lipinski definition) is 4. The van der Waals surface area contributed by atoms with E-state index in [4.69, 9.17) is 9.47 Å². The third-order valence-corrected chi connectivity index (χ3v) is 5.75. The van der Waals surface area contributed by atoms with Crippen LogP contribution in [0, 0.1) is 18.8 Å². The molecule has 0 radical (unpaired) electrons. The van der Waals surface area contributed by atoms with Gasteiger partial charge in [0.1, 0.15) is 0 Å². The number of rotatable bonds is 5. The van der Waals surface area contributed by atoms with Crippen molar-refractivity contribution in [3.63, 3.8) is 0 Å². The summed E-state index contributed by atoms with van der Waals surface area (Å²) in [6, 6.07) is 13.5. The maximum Gasteiger partial charge on any atom is 0.254 e. The molecule has 0 unspecified atom stereocenters. The zero-order valence-corrected chi connectivity index (χ0v) is 17.7. The average molecular weight is 408 g/mol. The van der Waals surface area contributed by atoms with E-state index < -0.39 is 0 Å². The van der Waals surface area contributed by atoms with Crippen LogP contribution in [0.4, 0.5) is 0 Å². The monoisotopic (exact) mass is 408 g/mol. The minimum atomic E-state index is -0.274. The molecule has 0 aromatic heterocycles. The number of aryl methyl sites for hydroxylation is 1. The van der Waals surface area contributed by atoms with E-state index >= 15 is 0 Å². The van der Waals surface area contributed by atoms with Gasteiger partial charge in [-0.15, -0.1) is 0 Å². The number of fused-ring (bicyclic) bond motifs is 1. The first-order valence-corrected chi connectivity index (χ1v) is 10.5. The Labute approximate surface area is 177 Å². The van der Waals surface area contributed by atoms with Gasteiger partial charge >= 0.3 is 0 Å². The lowest BCUT2D eigenvalue weighted by molar-refractivity contribution is -0.125. The Morgan fingerprint density at radius 1 is 1.07 bits per heavy atom. The van der Waals surface area contributed by atoms with Crippen LogP contribution in [-0.4, -0.2) is 43.1 Å². The fourth-order valence-electron chi connectivity index (χ4n) is 4.03. The normalized spacial score (nSPS) is 19.9. The largest absolute Gasteiger partial charge is 0.454 e. The summed E-state index contributed by atoms with van der Waals surface area (Å²) in [7, 11) is 0. The van der Waals surface area contributed by atoms with Crippen molar-refractivity contribution in [1.82, 2.24) is 10.2 Å². The molecular weight excluding hydrogens is 380 g/mol. The number of nitrogens with one attached hydrogen (secondary N) is 1. The van der Waals surface area contributed by atoms with E-state index in [1.165, 1.54) is 5.56 Å². The first-order valence-electron chi connectivity index (χ1n) is 10.5. The third-order valence-electron chi connectivity index (χ3n) is 5.75. The van der Waals surface area contributed by atoms with Gasteiger partial charge in [-0.05, 0) is 36.6 Å². The predicted octanol–water partition coefficient (Wildman–Crippen LogP) is 3.35. The van der Waals surface area contributed by atoms with Crippen molar-refractivity contribution < 1.29 is 19.1 Å². The smallest absolute Gasteiger partial charge is 0.254 e. The first kappa shape index (κ1) is 20.3. The molecule has 0 bridgehead atoms. The molecule has 2 aromatic carbocycles. The molecule has 2 aromatic rings. The quantitative estimate of drug-likeness (QED) is 0.824. The van der Waals surface area contributed by atoms with Crippen LogP contribution in [0.1, 0.15) is 41.3 Å². The number of nitrogens with zero attached hydrogens (tertiary/aromatic N) is 1. The number of benzene rings is 2. The molecule has 0 spiro atoms. The van der Waals surface area contributed by atoms with Crippen LogP contribution in [0.25, 0.3) is 0 Å². The molecule has 6 heteroatoms. The third kappa shape index (κ3) is 4.13. The highest BCUT2D eigenvalue weighted by Crippen LogP contribution is 2.36. The lowest BCUT2D eigenvalue weighted by atomic mass is 9.88. The Balaban J connectivity index is 1.56. The van der Waals surface area contributed by atoms with Crippen LogP contribution in [0.15, 0.2) is 42.5 Å². The van der Waals surface area contributed by atoms with Gasteiger partial charge in [0.05, 0.1) is 5.92 Å². The SMILES string of the molecule is Cc1ccc([C@@H]2CN(C(=O)c3ccc4c(c3)OCO4)C[C@H]2C(=O)NCC(C)C)cc1. The van der Waals surface area contributed by atoms with Crippen LogP contribution in [-0.2, 0) is 4.79 Å². The van der Waals surface area contributed by atoms with Crippen molar-refractivity contribution in [2.24, 2.45) is 11.8 Å². The van der Waals surface area contributed by atoms with E-state index in [0.29, 0.717) is 42.6 Å². The van der Waals surface area contributed by atoms with Crippen molar-refractivity contribution >= 4 is 11.8 Å². The lowest BCUT2D eigenvalue weighted by Gasteiger charge is -2.19. The number of ether oxygens (including phenoxy) is 2. The molecule has 2 aliphatic heterocycles. The summed E-state index contributed by atoms with van der Waals surface area (Å²) in [6.07, 6.45) is 0. The summed E-state index contributed by atoms with van der Waals surface area (Å²) in [5, 5.41) is 3.05. The molecule has 30 heavy (non-hydrogen) atoms. The molecule has 2 amide bonds. The number of likely N-dealkylation sites (tertiary alicyclic amines) is 1. The Morgan fingerprint density at radius 3 is 2.53 bits per heavy atom. The standard InChI is InChI=1S/C24H28N2O4/c1-15(2)11-25-23(27)20-13-26(12-19(20)17-6-4-16(3)5-7-17)24(28)18-8-9-21-22(10-18)30-14-29-21/h4-10,15,19-20H,11-14H2,1-3H3,(H,25,27)/t19-,20+/m0/s1. The van der Waals surface area contributed by atoms with E-state index in [-0.39, 0.29) is 30.4 Å². The predicted molar refractivity (Wildman–Crippen MR) is 114 cm³/mol. The molecule has 2 aliphatic rings. The molecule has 6 nitrogen and oxygen atoms in total. The second-order valence-corrected chi connectivity index (χ2v) is 8.54. The summed E-state index contributed by atoms with van der Waals surface area (Å²) in [5.41, 5.74) is 2.81. The van der Waals surface area contributed by atoms with Gasteiger partial charge in [-0.25, -0.2) is 0 Å². The zero-order valence-electron chi connectivity index (χ0n) is 17.7. The van der Waals surface area contributed by atoms with Crippen LogP contribution < -0.4 is 14.8 Å². The minimum absolute atomic E-state index is 0.00950. The molecule has 0 aliphatic carbocycles. The Hall–Kier alpha value is -3.02. The highest BCUT2D eigenvalue weighted by Gasteiger charge is 2.40. The Kier molecular flexibility index (Phi) is 5.66. The number of carbonyl (C=O) groups is 2. The van der Waals surface area contributed by atoms with Gasteiger partial charge in [0.2, 0.25) is 12.7 Å². The fourth-order valence-corrected chi connectivity index (χ4v) is 4.03. The summed E-state index contributed by atoms with van der Waals surface area (Å²) in [6.45, 7) is 7.90. The summed E-state index contributed by atoms with van der Waals surface area (Å²) >= 11 is 0. The minimum Gasteiger partial charge on any atom is -0.454 e. The van der Waals surface area contributed by atoms with Crippen molar-refractivity contribution in [2.45, 2.75) is 26.7 Å². The van der Waals surface area contributed by atoms with Gasteiger partial charge in [-0.2, -0.15) is 0 Å². The van der Waals surface area contributed by atoms with Gasteiger partial charge in [-0.3, -0.25) is 9.59 Å². The summed E-state index contributed by atoms with van der Waals surface area (Å²) in [5.74, 6) is 1.22. The average Bonchev–Trinajstić information content (AvgIpc) is 3.38. The number of carbonyl (C=O) groups excluding carboxylic acids is 2. The van der Waals surface area contributed by atoms with Crippen LogP contribution in [0.5, 0.6) is 11.5 Å². The molecule has 158 valence electrons. The lowest BCUT2D eigenvalue weighted by Crippen LogP contribution is -2.37.